The van der Waals surface area contributed by atoms with Crippen LogP contribution in [0.3, 0.4) is 0 Å². The van der Waals surface area contributed by atoms with Crippen molar-refractivity contribution >= 4 is 17.7 Å². The Hall–Kier alpha value is -2.31. The quantitative estimate of drug-likeness (QED) is 0.763. The molecule has 1 amide bonds. The number of alkyl carbamates (subject to hydrolysis) is 1. The summed E-state index contributed by atoms with van der Waals surface area (Å²) < 4.78 is 5.03. The van der Waals surface area contributed by atoms with Crippen LogP contribution in [0.15, 0.2) is 18.5 Å². The van der Waals surface area contributed by atoms with E-state index < -0.39 is 23.7 Å². The van der Waals surface area contributed by atoms with Crippen LogP contribution in [-0.2, 0) is 16.0 Å². The molecule has 0 bridgehead atoms. The highest BCUT2D eigenvalue weighted by molar-refractivity contribution is 5.80. The molecule has 0 aliphatic rings. The molecule has 1 aromatic rings. The number of ether oxygens (including phenoxy) is 1. The number of aromatic nitrogens is 1. The van der Waals surface area contributed by atoms with Gasteiger partial charge in [-0.1, -0.05) is 0 Å². The third kappa shape index (κ3) is 5.13. The zero-order chi connectivity index (χ0) is 15.3. The van der Waals surface area contributed by atoms with Gasteiger partial charge < -0.3 is 20.9 Å². The van der Waals surface area contributed by atoms with Crippen LogP contribution in [-0.4, -0.2) is 33.8 Å². The average Bonchev–Trinajstić information content (AvgIpc) is 2.28. The van der Waals surface area contributed by atoms with Gasteiger partial charge in [0.25, 0.3) is 0 Å². The molecular weight excluding hydrogens is 262 g/mol. The van der Waals surface area contributed by atoms with Crippen LogP contribution in [0, 0.1) is 0 Å². The Kier molecular flexibility index (Phi) is 4.90. The molecule has 7 heteroatoms. The Bertz CT molecular complexity index is 497. The summed E-state index contributed by atoms with van der Waals surface area (Å²) in [5, 5.41) is 11.4. The van der Waals surface area contributed by atoms with E-state index in [1.54, 1.807) is 26.8 Å². The van der Waals surface area contributed by atoms with Crippen molar-refractivity contribution in [3.05, 3.63) is 24.0 Å². The van der Waals surface area contributed by atoms with E-state index in [4.69, 9.17) is 15.6 Å². The van der Waals surface area contributed by atoms with Crippen molar-refractivity contribution in [2.45, 2.75) is 38.8 Å². The number of carboxylic acid groups (broad SMARTS) is 1. The first-order valence-corrected chi connectivity index (χ1v) is 6.10. The summed E-state index contributed by atoms with van der Waals surface area (Å²) in [6, 6.07) is 0.443. The number of nitrogens with one attached hydrogen (secondary N) is 1. The summed E-state index contributed by atoms with van der Waals surface area (Å²) in [4.78, 5) is 26.7. The number of hydrogen-bond donors (Lipinski definition) is 3. The average molecular weight is 281 g/mol. The number of pyridine rings is 1. The molecule has 0 aliphatic heterocycles. The maximum absolute atomic E-state index is 11.6. The van der Waals surface area contributed by atoms with E-state index in [0.717, 1.165) is 0 Å². The predicted molar refractivity (Wildman–Crippen MR) is 73.1 cm³/mol. The summed E-state index contributed by atoms with van der Waals surface area (Å²) in [6.45, 7) is 5.09. The highest BCUT2D eigenvalue weighted by atomic mass is 16.6. The molecule has 1 unspecified atom stereocenters. The molecule has 0 spiro atoms. The number of amides is 1. The van der Waals surface area contributed by atoms with E-state index in [2.05, 4.69) is 10.3 Å². The molecule has 1 heterocycles. The third-order valence-electron chi connectivity index (χ3n) is 2.35. The Morgan fingerprint density at radius 3 is 2.65 bits per heavy atom. The molecule has 0 aromatic carbocycles. The lowest BCUT2D eigenvalue weighted by molar-refractivity contribution is -0.139. The SMILES string of the molecule is CC(C)(C)OC(=O)NC(Cc1cnccc1N)C(=O)O. The second-order valence-corrected chi connectivity index (χ2v) is 5.32. The minimum atomic E-state index is -1.17. The van der Waals surface area contributed by atoms with Crippen LogP contribution in [0.25, 0.3) is 0 Å². The monoisotopic (exact) mass is 281 g/mol. The zero-order valence-corrected chi connectivity index (χ0v) is 11.7. The summed E-state index contributed by atoms with van der Waals surface area (Å²) in [6.07, 6.45) is 2.24. The van der Waals surface area contributed by atoms with Crippen LogP contribution in [0.4, 0.5) is 10.5 Å². The third-order valence-corrected chi connectivity index (χ3v) is 2.35. The molecule has 0 aliphatic carbocycles. The number of anilines is 1. The van der Waals surface area contributed by atoms with Gasteiger partial charge >= 0.3 is 12.1 Å². The van der Waals surface area contributed by atoms with Crippen LogP contribution in [0.5, 0.6) is 0 Å². The number of nitrogen functional groups attached to an aromatic ring is 1. The number of hydrogen-bond acceptors (Lipinski definition) is 5. The number of nitrogens with zero attached hydrogens (tertiary/aromatic N) is 1. The molecule has 20 heavy (non-hydrogen) atoms. The fourth-order valence-electron chi connectivity index (χ4n) is 1.48. The first-order chi connectivity index (χ1) is 9.19. The Balaban J connectivity index is 2.74. The number of rotatable bonds is 4. The van der Waals surface area contributed by atoms with Crippen molar-refractivity contribution in [2.75, 3.05) is 5.73 Å². The van der Waals surface area contributed by atoms with Gasteiger partial charge in [0, 0.05) is 24.5 Å². The Morgan fingerprint density at radius 2 is 2.15 bits per heavy atom. The Morgan fingerprint density at radius 1 is 1.50 bits per heavy atom. The second-order valence-electron chi connectivity index (χ2n) is 5.32. The molecule has 110 valence electrons. The first-order valence-electron chi connectivity index (χ1n) is 6.10. The van der Waals surface area contributed by atoms with Crippen molar-refractivity contribution in [2.24, 2.45) is 0 Å². The van der Waals surface area contributed by atoms with Gasteiger partial charge in [0.1, 0.15) is 11.6 Å². The zero-order valence-electron chi connectivity index (χ0n) is 11.7. The van der Waals surface area contributed by atoms with Gasteiger partial charge in [0.05, 0.1) is 0 Å². The van der Waals surface area contributed by atoms with E-state index in [1.807, 2.05) is 0 Å². The van der Waals surface area contributed by atoms with Crippen molar-refractivity contribution in [3.63, 3.8) is 0 Å². The molecule has 1 rings (SSSR count). The fourth-order valence-corrected chi connectivity index (χ4v) is 1.48. The number of nitrogens with two attached hydrogens (primary N) is 1. The van der Waals surface area contributed by atoms with Gasteiger partial charge in [-0.15, -0.1) is 0 Å². The summed E-state index contributed by atoms with van der Waals surface area (Å²) in [5.74, 6) is -1.17. The molecule has 4 N–H and O–H groups in total. The number of carbonyl (C=O) groups excluding carboxylic acids is 1. The summed E-state index contributed by atoms with van der Waals surface area (Å²) in [5.41, 5.74) is 6.01. The van der Waals surface area contributed by atoms with Crippen LogP contribution >= 0.6 is 0 Å². The number of carbonyl (C=O) groups is 2. The molecule has 0 saturated carbocycles. The summed E-state index contributed by atoms with van der Waals surface area (Å²) in [7, 11) is 0. The molecule has 0 radical (unpaired) electrons. The second kappa shape index (κ2) is 6.23. The number of aliphatic carboxylic acids is 1. The minimum absolute atomic E-state index is 0.0360. The minimum Gasteiger partial charge on any atom is -0.480 e. The standard InChI is InChI=1S/C13H19N3O4/c1-13(2,3)20-12(19)16-10(11(17)18)6-8-7-15-5-4-9(8)14/h4-5,7,10H,6H2,1-3H3,(H2,14,15)(H,16,19)(H,17,18). The van der Waals surface area contributed by atoms with Crippen molar-refractivity contribution in [3.8, 4) is 0 Å². The lowest BCUT2D eigenvalue weighted by atomic mass is 10.1. The van der Waals surface area contributed by atoms with Crippen LogP contribution < -0.4 is 11.1 Å². The van der Waals surface area contributed by atoms with Gasteiger partial charge in [-0.25, -0.2) is 9.59 Å². The highest BCUT2D eigenvalue weighted by Gasteiger charge is 2.24. The van der Waals surface area contributed by atoms with Crippen LogP contribution in [0.1, 0.15) is 26.3 Å². The molecule has 7 nitrogen and oxygen atoms in total. The summed E-state index contributed by atoms with van der Waals surface area (Å²) >= 11 is 0. The lowest BCUT2D eigenvalue weighted by Gasteiger charge is -2.22. The van der Waals surface area contributed by atoms with E-state index in [9.17, 15) is 9.59 Å². The molecule has 0 saturated heterocycles. The molecular formula is C13H19N3O4. The fraction of sp³-hybridized carbons (Fsp3) is 0.462. The normalized spacial score (nSPS) is 12.6. The smallest absolute Gasteiger partial charge is 0.408 e. The first kappa shape index (κ1) is 15.7. The van der Waals surface area contributed by atoms with Crippen molar-refractivity contribution in [1.82, 2.24) is 10.3 Å². The van der Waals surface area contributed by atoms with E-state index in [1.165, 1.54) is 12.4 Å². The lowest BCUT2D eigenvalue weighted by Crippen LogP contribution is -2.44. The van der Waals surface area contributed by atoms with E-state index in [0.29, 0.717) is 11.3 Å². The van der Waals surface area contributed by atoms with Crippen molar-refractivity contribution in [1.29, 1.82) is 0 Å². The topological polar surface area (TPSA) is 115 Å². The highest BCUT2D eigenvalue weighted by Crippen LogP contribution is 2.12. The van der Waals surface area contributed by atoms with Gasteiger partial charge in [-0.3, -0.25) is 4.98 Å². The Labute approximate surface area is 117 Å². The van der Waals surface area contributed by atoms with E-state index >= 15 is 0 Å². The molecule has 1 atom stereocenters. The maximum atomic E-state index is 11.6. The predicted octanol–water partition coefficient (Wildman–Crippen LogP) is 1.18. The van der Waals surface area contributed by atoms with Crippen molar-refractivity contribution < 1.29 is 19.4 Å². The van der Waals surface area contributed by atoms with Crippen LogP contribution in [0.2, 0.25) is 0 Å². The van der Waals surface area contributed by atoms with Gasteiger partial charge in [0.2, 0.25) is 0 Å². The van der Waals surface area contributed by atoms with Gasteiger partial charge in [-0.2, -0.15) is 0 Å². The molecule has 0 fully saturated rings. The maximum Gasteiger partial charge on any atom is 0.408 e. The largest absolute Gasteiger partial charge is 0.480 e. The number of carboxylic acids is 1. The van der Waals surface area contributed by atoms with E-state index in [-0.39, 0.29) is 6.42 Å². The van der Waals surface area contributed by atoms with Gasteiger partial charge in [-0.05, 0) is 32.4 Å². The molecule has 1 aromatic heterocycles. The van der Waals surface area contributed by atoms with Gasteiger partial charge in [0.15, 0.2) is 0 Å².